The van der Waals surface area contributed by atoms with Gasteiger partial charge in [0.05, 0.1) is 15.5 Å². The number of benzene rings is 1. The van der Waals surface area contributed by atoms with E-state index in [2.05, 4.69) is 4.98 Å². The molecule has 0 aliphatic rings. The third-order valence-electron chi connectivity index (χ3n) is 3.40. The van der Waals surface area contributed by atoms with Crippen LogP contribution in [0.3, 0.4) is 0 Å². The number of aromatic hydroxyl groups is 1. The Morgan fingerprint density at radius 3 is 2.88 bits per heavy atom. The smallest absolute Gasteiger partial charge is 0.360 e. The average Bonchev–Trinajstić information content (AvgIpc) is 3.00. The molecule has 1 aromatic carbocycles. The second kappa shape index (κ2) is 7.68. The first-order valence-corrected chi connectivity index (χ1v) is 9.34. The number of aromatic nitrogens is 1. The van der Waals surface area contributed by atoms with Crippen molar-refractivity contribution in [2.75, 3.05) is 6.61 Å². The highest BCUT2D eigenvalue weighted by atomic mass is 32.2. The van der Waals surface area contributed by atoms with E-state index in [-0.39, 0.29) is 11.4 Å². The van der Waals surface area contributed by atoms with Crippen LogP contribution in [0.1, 0.15) is 30.3 Å². The minimum Gasteiger partial charge on any atom is -0.504 e. The van der Waals surface area contributed by atoms with Gasteiger partial charge in [-0.15, -0.1) is 11.3 Å². The molecular weight excluding hydrogens is 342 g/mol. The molecule has 1 N–H and O–H groups in total. The molecule has 3 aromatic rings. The van der Waals surface area contributed by atoms with E-state index in [1.165, 1.54) is 11.3 Å². The van der Waals surface area contributed by atoms with Crippen molar-refractivity contribution in [3.8, 4) is 5.75 Å². The molecule has 0 spiro atoms. The Morgan fingerprint density at radius 1 is 1.33 bits per heavy atom. The van der Waals surface area contributed by atoms with Gasteiger partial charge in [0, 0.05) is 16.5 Å². The third-order valence-corrected chi connectivity index (χ3v) is 5.68. The van der Waals surface area contributed by atoms with Gasteiger partial charge in [0.1, 0.15) is 0 Å². The van der Waals surface area contributed by atoms with E-state index >= 15 is 0 Å². The highest BCUT2D eigenvalue weighted by Gasteiger charge is 2.19. The minimum atomic E-state index is -0.575. The molecule has 0 aliphatic carbocycles. The minimum absolute atomic E-state index is 0.0169. The molecule has 0 saturated carbocycles. The van der Waals surface area contributed by atoms with E-state index in [1.54, 1.807) is 18.0 Å². The van der Waals surface area contributed by atoms with Gasteiger partial charge in [0.2, 0.25) is 0 Å². The van der Waals surface area contributed by atoms with Crippen molar-refractivity contribution >= 4 is 39.2 Å². The lowest BCUT2D eigenvalue weighted by Crippen LogP contribution is -2.08. The van der Waals surface area contributed by atoms with Crippen LogP contribution in [0.4, 0.5) is 0 Å². The zero-order valence-corrected chi connectivity index (χ0v) is 14.8. The van der Waals surface area contributed by atoms with Gasteiger partial charge in [0.25, 0.3) is 0 Å². The summed E-state index contributed by atoms with van der Waals surface area (Å²) in [6.45, 7) is 2.36. The van der Waals surface area contributed by atoms with E-state index in [0.29, 0.717) is 11.3 Å². The van der Waals surface area contributed by atoms with Gasteiger partial charge in [-0.3, -0.25) is 0 Å². The summed E-state index contributed by atoms with van der Waals surface area (Å²) in [7, 11) is 0. The van der Waals surface area contributed by atoms with E-state index in [4.69, 9.17) is 4.74 Å². The zero-order valence-electron chi connectivity index (χ0n) is 13.2. The largest absolute Gasteiger partial charge is 0.504 e. The summed E-state index contributed by atoms with van der Waals surface area (Å²) in [5.41, 5.74) is -0.0169. The fourth-order valence-corrected chi connectivity index (χ4v) is 4.37. The molecule has 0 aliphatic heterocycles. The summed E-state index contributed by atoms with van der Waals surface area (Å²) in [5.74, 6) is -0.674. The number of carbonyl (C=O) groups excluding carboxylic acids is 1. The summed E-state index contributed by atoms with van der Waals surface area (Å²) in [6, 6.07) is 12.0. The number of rotatable bonds is 6. The van der Waals surface area contributed by atoms with Crippen molar-refractivity contribution in [3.63, 3.8) is 0 Å². The van der Waals surface area contributed by atoms with Crippen molar-refractivity contribution in [2.45, 2.75) is 28.9 Å². The van der Waals surface area contributed by atoms with Crippen LogP contribution in [0.25, 0.3) is 10.1 Å². The Balaban J connectivity index is 1.85. The number of carbonyl (C=O) groups is 1. The molecule has 0 amide bonds. The van der Waals surface area contributed by atoms with Gasteiger partial charge in [-0.25, -0.2) is 9.78 Å². The topological polar surface area (TPSA) is 59.4 Å². The number of nitrogens with zero attached hydrogens (tertiary/aromatic N) is 1. The SMILES string of the molecule is CCCCOC(=O)c1ncc2cc(Sc3ccccc3)sc2c1O. The van der Waals surface area contributed by atoms with E-state index in [1.807, 2.05) is 43.3 Å². The van der Waals surface area contributed by atoms with E-state index in [9.17, 15) is 9.90 Å². The van der Waals surface area contributed by atoms with Crippen LogP contribution >= 0.6 is 23.1 Å². The van der Waals surface area contributed by atoms with Crippen molar-refractivity contribution < 1.29 is 14.6 Å². The monoisotopic (exact) mass is 359 g/mol. The Labute approximate surface area is 148 Å². The fraction of sp³-hybridized carbons (Fsp3) is 0.222. The Bertz CT molecular complexity index is 846. The molecule has 124 valence electrons. The molecule has 0 bridgehead atoms. The molecule has 0 fully saturated rings. The fourth-order valence-electron chi connectivity index (χ4n) is 2.15. The lowest BCUT2D eigenvalue weighted by Gasteiger charge is -2.05. The standard InChI is InChI=1S/C18H17NO3S2/c1-2-3-9-22-18(21)15-16(20)17-12(11-19-15)10-14(24-17)23-13-7-5-4-6-8-13/h4-8,10-11,20H,2-3,9H2,1H3. The molecular formula is C18H17NO3S2. The van der Waals surface area contributed by atoms with Gasteiger partial charge in [-0.05, 0) is 24.6 Å². The second-order valence-electron chi connectivity index (χ2n) is 5.21. The molecule has 0 saturated heterocycles. The Hall–Kier alpha value is -2.05. The quantitative estimate of drug-likeness (QED) is 0.489. The van der Waals surface area contributed by atoms with Crippen molar-refractivity contribution in [2.24, 2.45) is 0 Å². The van der Waals surface area contributed by atoms with Crippen LogP contribution in [0, 0.1) is 0 Å². The zero-order chi connectivity index (χ0) is 16.9. The molecule has 2 heterocycles. The van der Waals surface area contributed by atoms with Crippen molar-refractivity contribution in [3.05, 3.63) is 48.3 Å². The van der Waals surface area contributed by atoms with Crippen molar-refractivity contribution in [1.29, 1.82) is 0 Å². The summed E-state index contributed by atoms with van der Waals surface area (Å²) in [6.07, 6.45) is 3.35. The van der Waals surface area contributed by atoms with Crippen molar-refractivity contribution in [1.82, 2.24) is 4.98 Å². The number of fused-ring (bicyclic) bond motifs is 1. The molecule has 0 atom stereocenters. The first kappa shape index (κ1) is 16.8. The molecule has 3 rings (SSSR count). The lowest BCUT2D eigenvalue weighted by molar-refractivity contribution is 0.0489. The number of esters is 1. The Kier molecular flexibility index (Phi) is 5.37. The highest BCUT2D eigenvalue weighted by molar-refractivity contribution is 8.01. The molecule has 4 nitrogen and oxygen atoms in total. The van der Waals surface area contributed by atoms with Gasteiger partial charge < -0.3 is 9.84 Å². The van der Waals surface area contributed by atoms with Crippen LogP contribution in [-0.2, 0) is 4.74 Å². The van der Waals surface area contributed by atoms with Crippen LogP contribution in [0.5, 0.6) is 5.75 Å². The summed E-state index contributed by atoms with van der Waals surface area (Å²) in [4.78, 5) is 17.2. The average molecular weight is 359 g/mol. The number of hydrogen-bond acceptors (Lipinski definition) is 6. The number of pyridine rings is 1. The van der Waals surface area contributed by atoms with Gasteiger partial charge >= 0.3 is 5.97 Å². The predicted octanol–water partition coefficient (Wildman–Crippen LogP) is 5.11. The first-order valence-electron chi connectivity index (χ1n) is 7.70. The normalized spacial score (nSPS) is 10.9. The van der Waals surface area contributed by atoms with Gasteiger partial charge in [-0.1, -0.05) is 43.3 Å². The first-order chi connectivity index (χ1) is 11.7. The van der Waals surface area contributed by atoms with E-state index in [0.717, 1.165) is 27.3 Å². The summed E-state index contributed by atoms with van der Waals surface area (Å²) in [5, 5.41) is 11.2. The predicted molar refractivity (Wildman–Crippen MR) is 97.0 cm³/mol. The third kappa shape index (κ3) is 3.71. The molecule has 0 unspecified atom stereocenters. The maximum absolute atomic E-state index is 12.0. The lowest BCUT2D eigenvalue weighted by atomic mass is 10.2. The maximum Gasteiger partial charge on any atom is 0.360 e. The van der Waals surface area contributed by atoms with Gasteiger partial charge in [0.15, 0.2) is 11.4 Å². The number of ether oxygens (including phenoxy) is 1. The number of hydrogen-bond donors (Lipinski definition) is 1. The maximum atomic E-state index is 12.0. The molecule has 24 heavy (non-hydrogen) atoms. The van der Waals surface area contributed by atoms with E-state index < -0.39 is 5.97 Å². The Morgan fingerprint density at radius 2 is 2.12 bits per heavy atom. The summed E-state index contributed by atoms with van der Waals surface area (Å²) >= 11 is 3.06. The van der Waals surface area contributed by atoms with Crippen LogP contribution < -0.4 is 0 Å². The van der Waals surface area contributed by atoms with Crippen LogP contribution in [0.2, 0.25) is 0 Å². The van der Waals surface area contributed by atoms with Gasteiger partial charge in [-0.2, -0.15) is 0 Å². The molecule has 6 heteroatoms. The number of thiophene rings is 1. The second-order valence-corrected chi connectivity index (χ2v) is 7.64. The highest BCUT2D eigenvalue weighted by Crippen LogP contribution is 2.41. The summed E-state index contributed by atoms with van der Waals surface area (Å²) < 4.78 is 6.83. The molecule has 0 radical (unpaired) electrons. The molecule has 2 aromatic heterocycles. The van der Waals surface area contributed by atoms with Crippen LogP contribution in [-0.4, -0.2) is 22.7 Å². The van der Waals surface area contributed by atoms with Crippen LogP contribution in [0.15, 0.2) is 51.7 Å². The number of unbranched alkanes of at least 4 members (excludes halogenated alkanes) is 1.